The molecule has 3 aliphatic rings. The average Bonchev–Trinajstić information content (AvgIpc) is 2.80. The first-order valence-electron chi connectivity index (χ1n) is 7.75. The van der Waals surface area contributed by atoms with Crippen LogP contribution in [0.3, 0.4) is 0 Å². The number of morpholine rings is 1. The molecule has 1 amide bonds. The number of carbonyl (C=O) groups excluding carboxylic acids is 2. The van der Waals surface area contributed by atoms with Crippen molar-refractivity contribution in [1.82, 2.24) is 4.90 Å². The Morgan fingerprint density at radius 1 is 1.25 bits per heavy atom. The maximum Gasteiger partial charge on any atom is 0.306 e. The van der Waals surface area contributed by atoms with Gasteiger partial charge in [0.15, 0.2) is 0 Å². The lowest BCUT2D eigenvalue weighted by Gasteiger charge is -2.39. The molecular formula is C15H23NO4. The number of hydrogen-bond donors (Lipinski definition) is 0. The van der Waals surface area contributed by atoms with Crippen LogP contribution in [0.15, 0.2) is 0 Å². The number of rotatable bonds is 4. The molecular weight excluding hydrogens is 258 g/mol. The summed E-state index contributed by atoms with van der Waals surface area (Å²) in [4.78, 5) is 25.6. The van der Waals surface area contributed by atoms with Crippen molar-refractivity contribution in [3.05, 3.63) is 0 Å². The highest BCUT2D eigenvalue weighted by molar-refractivity contribution is 5.79. The molecule has 2 saturated heterocycles. The lowest BCUT2D eigenvalue weighted by Crippen LogP contribution is -2.50. The van der Waals surface area contributed by atoms with E-state index in [1.54, 1.807) is 0 Å². The zero-order valence-corrected chi connectivity index (χ0v) is 11.9. The van der Waals surface area contributed by atoms with Crippen molar-refractivity contribution >= 4 is 11.9 Å². The van der Waals surface area contributed by atoms with Crippen LogP contribution in [0.4, 0.5) is 0 Å². The number of esters is 1. The number of carbonyl (C=O) groups is 2. The van der Waals surface area contributed by atoms with Crippen LogP contribution < -0.4 is 0 Å². The molecule has 0 spiro atoms. The maximum atomic E-state index is 12.5. The van der Waals surface area contributed by atoms with Crippen molar-refractivity contribution in [2.24, 2.45) is 11.8 Å². The summed E-state index contributed by atoms with van der Waals surface area (Å²) in [5.74, 6) is 0.840. The maximum absolute atomic E-state index is 12.5. The van der Waals surface area contributed by atoms with Gasteiger partial charge in [0.2, 0.25) is 5.91 Å². The molecule has 1 saturated carbocycles. The molecule has 0 unspecified atom stereocenters. The van der Waals surface area contributed by atoms with Gasteiger partial charge in [-0.05, 0) is 12.3 Å². The smallest absolute Gasteiger partial charge is 0.306 e. The highest BCUT2D eigenvalue weighted by Gasteiger charge is 2.34. The van der Waals surface area contributed by atoms with Gasteiger partial charge in [-0.3, -0.25) is 9.59 Å². The average molecular weight is 281 g/mol. The van der Waals surface area contributed by atoms with Gasteiger partial charge >= 0.3 is 5.97 Å². The van der Waals surface area contributed by atoms with Crippen LogP contribution in [0.1, 0.15) is 38.5 Å². The van der Waals surface area contributed by atoms with Gasteiger partial charge in [0, 0.05) is 18.9 Å². The quantitative estimate of drug-likeness (QED) is 0.730. The second kappa shape index (κ2) is 6.12. The first-order chi connectivity index (χ1) is 9.72. The van der Waals surface area contributed by atoms with Crippen LogP contribution in [0, 0.1) is 11.8 Å². The predicted molar refractivity (Wildman–Crippen MR) is 72.0 cm³/mol. The number of amides is 1. The minimum Gasteiger partial charge on any atom is -0.465 e. The summed E-state index contributed by atoms with van der Waals surface area (Å²) in [6.07, 6.45) is 5.82. The molecule has 0 aromatic heterocycles. The van der Waals surface area contributed by atoms with Crippen molar-refractivity contribution < 1.29 is 19.1 Å². The number of ether oxygens (including phenoxy) is 2. The SMILES string of the molecule is O=C1C[C@H](CC(=O)N2CCOC[C@@H]2CC2CCC2)CO1. The molecule has 2 atom stereocenters. The lowest BCUT2D eigenvalue weighted by atomic mass is 9.80. The summed E-state index contributed by atoms with van der Waals surface area (Å²) in [5, 5.41) is 0. The first kappa shape index (κ1) is 13.9. The van der Waals surface area contributed by atoms with E-state index in [4.69, 9.17) is 9.47 Å². The summed E-state index contributed by atoms with van der Waals surface area (Å²) in [5.41, 5.74) is 0. The largest absolute Gasteiger partial charge is 0.465 e. The van der Waals surface area contributed by atoms with Gasteiger partial charge < -0.3 is 14.4 Å². The Morgan fingerprint density at radius 2 is 2.10 bits per heavy atom. The highest BCUT2D eigenvalue weighted by atomic mass is 16.5. The molecule has 0 bridgehead atoms. The summed E-state index contributed by atoms with van der Waals surface area (Å²) >= 11 is 0. The third-order valence-corrected chi connectivity index (χ3v) is 4.78. The molecule has 20 heavy (non-hydrogen) atoms. The highest BCUT2D eigenvalue weighted by Crippen LogP contribution is 2.32. The molecule has 2 heterocycles. The molecule has 5 nitrogen and oxygen atoms in total. The van der Waals surface area contributed by atoms with Gasteiger partial charge in [-0.1, -0.05) is 19.3 Å². The molecule has 112 valence electrons. The molecule has 1 aliphatic carbocycles. The van der Waals surface area contributed by atoms with Gasteiger partial charge in [0.25, 0.3) is 0 Å². The standard InChI is InChI=1S/C15H23NO4/c17-14(7-12-8-15(18)20-9-12)16-4-5-19-10-13(16)6-11-2-1-3-11/h11-13H,1-10H2/t12-,13-/m0/s1. The summed E-state index contributed by atoms with van der Waals surface area (Å²) < 4.78 is 10.5. The van der Waals surface area contributed by atoms with Gasteiger partial charge in [0.1, 0.15) is 0 Å². The molecule has 0 N–H and O–H groups in total. The second-order valence-corrected chi connectivity index (χ2v) is 6.31. The first-order valence-corrected chi connectivity index (χ1v) is 7.75. The van der Waals surface area contributed by atoms with Gasteiger partial charge in [-0.2, -0.15) is 0 Å². The predicted octanol–water partition coefficient (Wildman–Crippen LogP) is 1.36. The number of hydrogen-bond acceptors (Lipinski definition) is 4. The fourth-order valence-corrected chi connectivity index (χ4v) is 3.35. The zero-order chi connectivity index (χ0) is 13.9. The summed E-state index contributed by atoms with van der Waals surface area (Å²) in [6, 6.07) is 0.236. The van der Waals surface area contributed by atoms with Gasteiger partial charge in [0.05, 0.1) is 32.3 Å². The Bertz CT molecular complexity index is 380. The molecule has 0 aromatic carbocycles. The Balaban J connectivity index is 1.54. The minimum absolute atomic E-state index is 0.0715. The van der Waals surface area contributed by atoms with Crippen molar-refractivity contribution in [1.29, 1.82) is 0 Å². The minimum atomic E-state index is -0.171. The van der Waals surface area contributed by atoms with Crippen LogP contribution >= 0.6 is 0 Å². The number of nitrogens with zero attached hydrogens (tertiary/aromatic N) is 1. The van der Waals surface area contributed by atoms with Crippen molar-refractivity contribution in [3.8, 4) is 0 Å². The zero-order valence-electron chi connectivity index (χ0n) is 11.9. The Hall–Kier alpha value is -1.10. The van der Waals surface area contributed by atoms with Crippen LogP contribution in [0.25, 0.3) is 0 Å². The van der Waals surface area contributed by atoms with E-state index in [1.807, 2.05) is 4.90 Å². The topological polar surface area (TPSA) is 55.8 Å². The van der Waals surface area contributed by atoms with E-state index in [0.717, 1.165) is 12.3 Å². The van der Waals surface area contributed by atoms with E-state index < -0.39 is 0 Å². The third kappa shape index (κ3) is 3.14. The number of cyclic esters (lactones) is 1. The van der Waals surface area contributed by atoms with E-state index in [2.05, 4.69) is 0 Å². The van der Waals surface area contributed by atoms with Crippen LogP contribution in [-0.4, -0.2) is 49.2 Å². The van der Waals surface area contributed by atoms with E-state index in [1.165, 1.54) is 19.3 Å². The van der Waals surface area contributed by atoms with Crippen molar-refractivity contribution in [3.63, 3.8) is 0 Å². The monoisotopic (exact) mass is 281 g/mol. The normalized spacial score (nSPS) is 31.0. The van der Waals surface area contributed by atoms with E-state index in [0.29, 0.717) is 39.2 Å². The van der Waals surface area contributed by atoms with Crippen molar-refractivity contribution in [2.45, 2.75) is 44.6 Å². The third-order valence-electron chi connectivity index (χ3n) is 4.78. The van der Waals surface area contributed by atoms with Gasteiger partial charge in [-0.15, -0.1) is 0 Å². The second-order valence-electron chi connectivity index (χ2n) is 6.31. The summed E-state index contributed by atoms with van der Waals surface area (Å²) in [7, 11) is 0. The molecule has 0 aromatic rings. The van der Waals surface area contributed by atoms with E-state index >= 15 is 0 Å². The summed E-state index contributed by atoms with van der Waals surface area (Å²) in [6.45, 7) is 2.40. The van der Waals surface area contributed by atoms with Crippen LogP contribution in [0.5, 0.6) is 0 Å². The van der Waals surface area contributed by atoms with E-state index in [-0.39, 0.29) is 23.8 Å². The molecule has 5 heteroatoms. The van der Waals surface area contributed by atoms with Crippen LogP contribution in [-0.2, 0) is 19.1 Å². The fraction of sp³-hybridized carbons (Fsp3) is 0.867. The van der Waals surface area contributed by atoms with Crippen molar-refractivity contribution in [2.75, 3.05) is 26.4 Å². The van der Waals surface area contributed by atoms with Crippen LogP contribution in [0.2, 0.25) is 0 Å². The molecule has 2 aliphatic heterocycles. The molecule has 0 radical (unpaired) electrons. The fourth-order valence-electron chi connectivity index (χ4n) is 3.35. The van der Waals surface area contributed by atoms with E-state index in [9.17, 15) is 9.59 Å². The Morgan fingerprint density at radius 3 is 2.75 bits per heavy atom. The Labute approximate surface area is 119 Å². The molecule has 3 fully saturated rings. The van der Waals surface area contributed by atoms with Gasteiger partial charge in [-0.25, -0.2) is 0 Å². The Kier molecular flexibility index (Phi) is 4.24. The lowest BCUT2D eigenvalue weighted by molar-refractivity contribution is -0.142. The molecule has 3 rings (SSSR count).